The van der Waals surface area contributed by atoms with E-state index >= 15 is 0 Å². The molecule has 28 heavy (non-hydrogen) atoms. The number of benzene rings is 1. The highest BCUT2D eigenvalue weighted by Crippen LogP contribution is 2.23. The van der Waals surface area contributed by atoms with Crippen molar-refractivity contribution in [2.45, 2.75) is 45.4 Å². The van der Waals surface area contributed by atoms with Crippen LogP contribution in [-0.4, -0.2) is 26.0 Å². The van der Waals surface area contributed by atoms with Crippen LogP contribution in [0.2, 0.25) is 0 Å². The fourth-order valence-corrected chi connectivity index (χ4v) is 3.42. The van der Waals surface area contributed by atoms with Gasteiger partial charge in [-0.25, -0.2) is 13.1 Å². The van der Waals surface area contributed by atoms with E-state index < -0.39 is 10.0 Å². The van der Waals surface area contributed by atoms with E-state index in [-0.39, 0.29) is 10.8 Å². The van der Waals surface area contributed by atoms with Crippen LogP contribution in [0.4, 0.5) is 5.69 Å². The van der Waals surface area contributed by atoms with E-state index in [9.17, 15) is 13.2 Å². The lowest BCUT2D eigenvalue weighted by Gasteiger charge is -2.08. The van der Waals surface area contributed by atoms with Crippen molar-refractivity contribution < 1.29 is 17.7 Å². The van der Waals surface area contributed by atoms with Crippen molar-refractivity contribution in [1.82, 2.24) is 9.88 Å². The van der Waals surface area contributed by atoms with Gasteiger partial charge in [-0.2, -0.15) is 0 Å². The Bertz CT molecular complexity index is 929. The van der Waals surface area contributed by atoms with Gasteiger partial charge in [0, 0.05) is 13.0 Å². The Morgan fingerprint density at radius 3 is 2.50 bits per heavy atom. The quantitative estimate of drug-likeness (QED) is 0.660. The molecule has 0 atom stereocenters. The van der Waals surface area contributed by atoms with Gasteiger partial charge in [0.1, 0.15) is 11.4 Å². The first-order valence-corrected chi connectivity index (χ1v) is 10.7. The number of hydrogen-bond donors (Lipinski definition) is 2. The molecule has 0 unspecified atom stereocenters. The Hall–Kier alpha value is -2.45. The number of hydrogen-bond acceptors (Lipinski definition) is 5. The first-order valence-electron chi connectivity index (χ1n) is 9.27. The van der Waals surface area contributed by atoms with Crippen molar-refractivity contribution in [2.75, 3.05) is 11.9 Å². The van der Waals surface area contributed by atoms with Gasteiger partial charge in [-0.1, -0.05) is 44.1 Å². The molecule has 1 heterocycles. The number of sulfonamides is 1. The van der Waals surface area contributed by atoms with Crippen LogP contribution in [0.3, 0.4) is 0 Å². The van der Waals surface area contributed by atoms with Crippen molar-refractivity contribution in [3.63, 3.8) is 0 Å². The minimum Gasteiger partial charge on any atom is -0.354 e. The van der Waals surface area contributed by atoms with Crippen LogP contribution >= 0.6 is 0 Å². The third kappa shape index (κ3) is 6.03. The third-order valence-corrected chi connectivity index (χ3v) is 5.58. The van der Waals surface area contributed by atoms with Gasteiger partial charge >= 0.3 is 0 Å². The van der Waals surface area contributed by atoms with Crippen molar-refractivity contribution in [1.29, 1.82) is 0 Å². The topological polar surface area (TPSA) is 101 Å². The SMILES string of the molecule is CCC(=O)Nc1c(C)noc1/C=C\c1ccc(S(=O)(=O)NCCC(C)C)cc1. The molecule has 0 aliphatic rings. The zero-order valence-corrected chi connectivity index (χ0v) is 17.5. The second-order valence-corrected chi connectivity index (χ2v) is 8.66. The molecule has 152 valence electrons. The summed E-state index contributed by atoms with van der Waals surface area (Å²) in [4.78, 5) is 11.9. The van der Waals surface area contributed by atoms with E-state index in [1.165, 1.54) is 0 Å². The number of anilines is 1. The van der Waals surface area contributed by atoms with Crippen molar-refractivity contribution in [3.8, 4) is 0 Å². The average Bonchev–Trinajstić information content (AvgIpc) is 2.99. The van der Waals surface area contributed by atoms with Crippen LogP contribution in [-0.2, 0) is 14.8 Å². The predicted octanol–water partition coefficient (Wildman–Crippen LogP) is 3.83. The summed E-state index contributed by atoms with van der Waals surface area (Å²) in [6, 6.07) is 6.54. The normalized spacial score (nSPS) is 12.0. The Morgan fingerprint density at radius 1 is 1.21 bits per heavy atom. The summed E-state index contributed by atoms with van der Waals surface area (Å²) < 4.78 is 32.4. The Morgan fingerprint density at radius 2 is 1.89 bits per heavy atom. The van der Waals surface area contributed by atoms with Gasteiger partial charge in [0.25, 0.3) is 0 Å². The molecule has 2 N–H and O–H groups in total. The third-order valence-electron chi connectivity index (χ3n) is 4.11. The summed E-state index contributed by atoms with van der Waals surface area (Å²) in [5.74, 6) is 0.744. The molecule has 0 spiro atoms. The zero-order chi connectivity index (χ0) is 20.7. The standard InChI is InChI=1S/C20H27N3O4S/c1-5-19(24)22-20-15(4)23-27-18(20)11-8-16-6-9-17(10-7-16)28(25,26)21-13-12-14(2)3/h6-11,14,21H,5,12-13H2,1-4H3,(H,22,24)/b11-8-. The molecule has 1 aromatic carbocycles. The summed E-state index contributed by atoms with van der Waals surface area (Å²) in [7, 11) is -3.51. The van der Waals surface area contributed by atoms with Gasteiger partial charge in [-0.15, -0.1) is 0 Å². The van der Waals surface area contributed by atoms with E-state index in [4.69, 9.17) is 4.52 Å². The molecule has 1 aromatic heterocycles. The number of carbonyl (C=O) groups excluding carboxylic acids is 1. The summed E-state index contributed by atoms with van der Waals surface area (Å²) in [6.45, 7) is 8.02. The first kappa shape index (κ1) is 21.8. The lowest BCUT2D eigenvalue weighted by Crippen LogP contribution is -2.25. The van der Waals surface area contributed by atoms with Gasteiger partial charge in [0.2, 0.25) is 15.9 Å². The molecule has 0 bridgehead atoms. The van der Waals surface area contributed by atoms with E-state index in [0.717, 1.165) is 12.0 Å². The largest absolute Gasteiger partial charge is 0.354 e. The molecule has 0 aliphatic carbocycles. The molecule has 0 radical (unpaired) electrons. The minimum atomic E-state index is -3.51. The smallest absolute Gasteiger partial charge is 0.240 e. The van der Waals surface area contributed by atoms with Crippen LogP contribution in [0.25, 0.3) is 12.2 Å². The molecule has 0 saturated carbocycles. The Kier molecular flexibility index (Phi) is 7.53. The van der Waals surface area contributed by atoms with Gasteiger partial charge in [0.15, 0.2) is 5.76 Å². The lowest BCUT2D eigenvalue weighted by atomic mass is 10.1. The maximum absolute atomic E-state index is 12.3. The van der Waals surface area contributed by atoms with Crippen molar-refractivity contribution in [2.24, 2.45) is 5.92 Å². The number of nitrogens with zero attached hydrogens (tertiary/aromatic N) is 1. The number of amides is 1. The van der Waals surface area contributed by atoms with Crippen molar-refractivity contribution >= 4 is 33.8 Å². The summed E-state index contributed by atoms with van der Waals surface area (Å²) in [5.41, 5.74) is 1.93. The van der Waals surface area contributed by atoms with E-state index in [0.29, 0.717) is 36.0 Å². The Balaban J connectivity index is 2.10. The number of carbonyl (C=O) groups is 1. The first-order chi connectivity index (χ1) is 13.2. The van der Waals surface area contributed by atoms with E-state index in [1.807, 2.05) is 13.8 Å². The highest BCUT2D eigenvalue weighted by atomic mass is 32.2. The number of aryl methyl sites for hydroxylation is 1. The van der Waals surface area contributed by atoms with Crippen LogP contribution in [0.1, 0.15) is 50.6 Å². The molecule has 1 amide bonds. The number of nitrogens with one attached hydrogen (secondary N) is 2. The molecule has 2 rings (SSSR count). The Labute approximate surface area is 166 Å². The van der Waals surface area contributed by atoms with Crippen LogP contribution in [0, 0.1) is 12.8 Å². The number of rotatable bonds is 9. The van der Waals surface area contributed by atoms with Crippen molar-refractivity contribution in [3.05, 3.63) is 41.3 Å². The summed E-state index contributed by atoms with van der Waals surface area (Å²) >= 11 is 0. The maximum Gasteiger partial charge on any atom is 0.240 e. The highest BCUT2D eigenvalue weighted by molar-refractivity contribution is 7.89. The lowest BCUT2D eigenvalue weighted by molar-refractivity contribution is -0.115. The molecule has 2 aromatic rings. The molecule has 8 heteroatoms. The average molecular weight is 406 g/mol. The second-order valence-electron chi connectivity index (χ2n) is 6.89. The van der Waals surface area contributed by atoms with E-state index in [1.54, 1.807) is 50.3 Å². The molecule has 0 aliphatic heterocycles. The number of aromatic nitrogens is 1. The second kappa shape index (κ2) is 9.66. The van der Waals surface area contributed by atoms with Gasteiger partial charge in [0.05, 0.1) is 4.90 Å². The van der Waals surface area contributed by atoms with Gasteiger partial charge in [-0.3, -0.25) is 4.79 Å². The zero-order valence-electron chi connectivity index (χ0n) is 16.7. The molecular formula is C20H27N3O4S. The minimum absolute atomic E-state index is 0.125. The molecule has 0 fully saturated rings. The fourth-order valence-electron chi connectivity index (χ4n) is 2.38. The van der Waals surface area contributed by atoms with Gasteiger partial charge in [-0.05, 0) is 43.0 Å². The fraction of sp³-hybridized carbons (Fsp3) is 0.400. The highest BCUT2D eigenvalue weighted by Gasteiger charge is 2.14. The van der Waals surface area contributed by atoms with Crippen LogP contribution in [0.5, 0.6) is 0 Å². The van der Waals surface area contributed by atoms with Gasteiger partial charge < -0.3 is 9.84 Å². The molecule has 7 nitrogen and oxygen atoms in total. The monoisotopic (exact) mass is 405 g/mol. The van der Waals surface area contributed by atoms with Crippen LogP contribution in [0.15, 0.2) is 33.7 Å². The van der Waals surface area contributed by atoms with E-state index in [2.05, 4.69) is 15.2 Å². The molecule has 0 saturated heterocycles. The predicted molar refractivity (Wildman–Crippen MR) is 110 cm³/mol. The summed E-state index contributed by atoms with van der Waals surface area (Å²) in [6.07, 6.45) is 4.60. The molecular weight excluding hydrogens is 378 g/mol. The maximum atomic E-state index is 12.3. The van der Waals surface area contributed by atoms with Crippen LogP contribution < -0.4 is 10.0 Å². The summed E-state index contributed by atoms with van der Waals surface area (Å²) in [5, 5.41) is 6.64.